The van der Waals surface area contributed by atoms with Gasteiger partial charge < -0.3 is 4.57 Å². The molecule has 128 valence electrons. The zero-order valence-corrected chi connectivity index (χ0v) is 14.9. The topological polar surface area (TPSA) is 63.9 Å². The van der Waals surface area contributed by atoms with E-state index < -0.39 is 5.41 Å². The quantitative estimate of drug-likeness (QED) is 0.846. The second kappa shape index (κ2) is 5.37. The molecule has 1 aliphatic carbocycles. The van der Waals surface area contributed by atoms with Gasteiger partial charge in [-0.3, -0.25) is 9.69 Å². The van der Waals surface area contributed by atoms with Crippen LogP contribution in [0, 0.1) is 25.2 Å². The molecule has 1 unspecified atom stereocenters. The van der Waals surface area contributed by atoms with E-state index in [9.17, 15) is 4.79 Å². The summed E-state index contributed by atoms with van der Waals surface area (Å²) in [6, 6.07) is 0. The first kappa shape index (κ1) is 15.7. The Morgan fingerprint density at radius 1 is 1.16 bits per heavy atom. The molecule has 0 radical (unpaired) electrons. The summed E-state index contributed by atoms with van der Waals surface area (Å²) in [6.07, 6.45) is 12.3. The lowest BCUT2D eigenvalue weighted by Gasteiger charge is -2.26. The van der Waals surface area contributed by atoms with Gasteiger partial charge in [0.1, 0.15) is 5.82 Å². The van der Waals surface area contributed by atoms with E-state index in [4.69, 9.17) is 0 Å². The van der Waals surface area contributed by atoms with Gasteiger partial charge in [0, 0.05) is 23.5 Å². The lowest BCUT2D eigenvalue weighted by atomic mass is 9.76. The Labute approximate surface area is 146 Å². The highest BCUT2D eigenvalue weighted by molar-refractivity contribution is 6.04. The normalized spacial score (nSPS) is 21.8. The molecule has 2 aromatic rings. The van der Waals surface area contributed by atoms with Crippen LogP contribution in [0.15, 0.2) is 42.8 Å². The Hall–Kier alpha value is -2.76. The van der Waals surface area contributed by atoms with Crippen LogP contribution in [0.5, 0.6) is 0 Å². The van der Waals surface area contributed by atoms with Crippen molar-refractivity contribution in [2.24, 2.45) is 11.3 Å². The first-order chi connectivity index (χ1) is 11.9. The lowest BCUT2D eigenvalue weighted by Crippen LogP contribution is -2.31. The summed E-state index contributed by atoms with van der Waals surface area (Å²) in [5, 5.41) is 0. The van der Waals surface area contributed by atoms with E-state index in [0.29, 0.717) is 5.82 Å². The van der Waals surface area contributed by atoms with Crippen LogP contribution >= 0.6 is 0 Å². The molecule has 0 N–H and O–H groups in total. The van der Waals surface area contributed by atoms with Gasteiger partial charge in [0.15, 0.2) is 0 Å². The maximum atomic E-state index is 13.1. The fourth-order valence-corrected chi connectivity index (χ4v) is 3.62. The van der Waals surface area contributed by atoms with Crippen LogP contribution in [0.2, 0.25) is 0 Å². The van der Waals surface area contributed by atoms with E-state index in [1.165, 1.54) is 0 Å². The molecule has 2 aromatic heterocycles. The molecule has 1 aliphatic heterocycles. The number of nitrogens with zero attached hydrogens (tertiary/aromatic N) is 5. The number of rotatable bonds is 2. The largest absolute Gasteiger partial charge is 0.306 e. The van der Waals surface area contributed by atoms with Crippen LogP contribution in [0.1, 0.15) is 31.8 Å². The van der Waals surface area contributed by atoms with Gasteiger partial charge >= 0.3 is 0 Å². The number of aromatic nitrogens is 4. The van der Waals surface area contributed by atoms with Crippen LogP contribution < -0.4 is 4.90 Å². The lowest BCUT2D eigenvalue weighted by molar-refractivity contribution is -0.125. The number of amides is 1. The Bertz CT molecular complexity index is 904. The molecule has 1 fully saturated rings. The van der Waals surface area contributed by atoms with Crippen molar-refractivity contribution in [2.45, 2.75) is 34.1 Å². The number of carbonyl (C=O) groups is 1. The zero-order valence-electron chi connectivity index (χ0n) is 14.9. The summed E-state index contributed by atoms with van der Waals surface area (Å²) in [5.74, 6) is 0.931. The summed E-state index contributed by atoms with van der Waals surface area (Å²) >= 11 is 0. The van der Waals surface area contributed by atoms with Crippen molar-refractivity contribution in [3.8, 4) is 0 Å². The fourth-order valence-electron chi connectivity index (χ4n) is 3.62. The number of allylic oxidation sites excluding steroid dienone is 4. The standard InChI is InChI=1S/C19H21N5O/c1-12-10-23(11-22-12)14-5-6-16-17(7-14)24(18(25)19(16,3)4)15-8-20-13(2)21-9-15/h5,7-11,16H,6H2,1-4H3. The number of hydrogen-bond acceptors (Lipinski definition) is 4. The molecule has 3 heterocycles. The number of anilines is 1. The van der Waals surface area contributed by atoms with Gasteiger partial charge in [-0.15, -0.1) is 0 Å². The predicted molar refractivity (Wildman–Crippen MR) is 95.5 cm³/mol. The van der Waals surface area contributed by atoms with Crippen molar-refractivity contribution >= 4 is 17.3 Å². The van der Waals surface area contributed by atoms with Crippen LogP contribution in [-0.4, -0.2) is 25.4 Å². The Balaban J connectivity index is 1.80. The highest BCUT2D eigenvalue weighted by Crippen LogP contribution is 2.49. The first-order valence-electron chi connectivity index (χ1n) is 8.44. The monoisotopic (exact) mass is 335 g/mol. The van der Waals surface area contributed by atoms with Crippen molar-refractivity contribution in [1.29, 1.82) is 0 Å². The van der Waals surface area contributed by atoms with Crippen LogP contribution in [0.3, 0.4) is 0 Å². The molecule has 25 heavy (non-hydrogen) atoms. The van der Waals surface area contributed by atoms with E-state index in [1.54, 1.807) is 23.6 Å². The van der Waals surface area contributed by atoms with Crippen LogP contribution in [0.25, 0.3) is 5.70 Å². The minimum Gasteiger partial charge on any atom is -0.306 e. The van der Waals surface area contributed by atoms with Gasteiger partial charge in [0.2, 0.25) is 5.91 Å². The molecule has 6 heteroatoms. The van der Waals surface area contributed by atoms with Crippen molar-refractivity contribution in [2.75, 3.05) is 4.90 Å². The van der Waals surface area contributed by atoms with Crippen molar-refractivity contribution in [1.82, 2.24) is 19.5 Å². The molecule has 4 rings (SSSR count). The van der Waals surface area contributed by atoms with E-state index in [0.717, 1.165) is 29.2 Å². The highest BCUT2D eigenvalue weighted by atomic mass is 16.2. The zero-order chi connectivity index (χ0) is 17.8. The molecule has 0 saturated carbocycles. The SMILES string of the molecule is Cc1cn(C2=CCC3C(=C2)N(c2cnc(C)nc2)C(=O)C3(C)C)cn1. The third kappa shape index (κ3) is 2.40. The van der Waals surface area contributed by atoms with E-state index in [-0.39, 0.29) is 11.8 Å². The Morgan fingerprint density at radius 2 is 1.88 bits per heavy atom. The van der Waals surface area contributed by atoms with Gasteiger partial charge in [-0.2, -0.15) is 0 Å². The van der Waals surface area contributed by atoms with Gasteiger partial charge in [-0.1, -0.05) is 19.9 Å². The van der Waals surface area contributed by atoms with Gasteiger partial charge in [0.05, 0.1) is 35.5 Å². The molecule has 0 spiro atoms. The molecule has 1 saturated heterocycles. The smallest absolute Gasteiger partial charge is 0.237 e. The fraction of sp³-hybridized carbons (Fsp3) is 0.368. The molecule has 2 aliphatic rings. The molecule has 6 nitrogen and oxygen atoms in total. The summed E-state index contributed by atoms with van der Waals surface area (Å²) in [5.41, 5.74) is 3.28. The maximum absolute atomic E-state index is 13.1. The number of carbonyl (C=O) groups excluding carboxylic acids is 1. The molecule has 0 aromatic carbocycles. The molecule has 1 amide bonds. The first-order valence-corrected chi connectivity index (χ1v) is 8.44. The minimum atomic E-state index is -0.455. The number of aryl methyl sites for hydroxylation is 2. The van der Waals surface area contributed by atoms with E-state index in [1.807, 2.05) is 38.5 Å². The van der Waals surface area contributed by atoms with Crippen molar-refractivity contribution in [3.63, 3.8) is 0 Å². The minimum absolute atomic E-state index is 0.0904. The maximum Gasteiger partial charge on any atom is 0.237 e. The average molecular weight is 335 g/mol. The van der Waals surface area contributed by atoms with E-state index in [2.05, 4.69) is 27.1 Å². The molecule has 0 bridgehead atoms. The van der Waals surface area contributed by atoms with Gasteiger partial charge in [-0.05, 0) is 26.3 Å². The third-order valence-electron chi connectivity index (χ3n) is 5.13. The second-order valence-corrected chi connectivity index (χ2v) is 7.26. The average Bonchev–Trinajstić information content (AvgIpc) is 3.10. The predicted octanol–water partition coefficient (Wildman–Crippen LogP) is 3.11. The molecule has 1 atom stereocenters. The summed E-state index contributed by atoms with van der Waals surface area (Å²) in [7, 11) is 0. The van der Waals surface area contributed by atoms with Crippen LogP contribution in [-0.2, 0) is 4.79 Å². The third-order valence-corrected chi connectivity index (χ3v) is 5.13. The molecular weight excluding hydrogens is 314 g/mol. The highest BCUT2D eigenvalue weighted by Gasteiger charge is 2.51. The van der Waals surface area contributed by atoms with Crippen molar-refractivity contribution < 1.29 is 4.79 Å². The second-order valence-electron chi connectivity index (χ2n) is 7.26. The molecular formula is C19H21N5O. The van der Waals surface area contributed by atoms with Crippen LogP contribution in [0.4, 0.5) is 5.69 Å². The number of fused-ring (bicyclic) bond motifs is 1. The van der Waals surface area contributed by atoms with E-state index >= 15 is 0 Å². The summed E-state index contributed by atoms with van der Waals surface area (Å²) in [4.78, 5) is 27.7. The van der Waals surface area contributed by atoms with Crippen molar-refractivity contribution in [3.05, 3.63) is 54.3 Å². The Morgan fingerprint density at radius 3 is 2.52 bits per heavy atom. The van der Waals surface area contributed by atoms with Gasteiger partial charge in [-0.25, -0.2) is 15.0 Å². The Kier molecular flexibility index (Phi) is 3.39. The summed E-state index contributed by atoms with van der Waals surface area (Å²) in [6.45, 7) is 7.84. The number of hydrogen-bond donors (Lipinski definition) is 0. The van der Waals surface area contributed by atoms with Gasteiger partial charge in [0.25, 0.3) is 0 Å². The number of imidazole rings is 1. The summed E-state index contributed by atoms with van der Waals surface area (Å²) < 4.78 is 2.00.